The fourth-order valence-corrected chi connectivity index (χ4v) is 9.42. The van der Waals surface area contributed by atoms with Crippen LogP contribution in [0.5, 0.6) is 0 Å². The van der Waals surface area contributed by atoms with Gasteiger partial charge in [0.2, 0.25) is 11.8 Å². The molecule has 0 spiro atoms. The number of pyridine rings is 1. The van der Waals surface area contributed by atoms with Gasteiger partial charge in [0.1, 0.15) is 4.99 Å². The summed E-state index contributed by atoms with van der Waals surface area (Å²) in [5, 5.41) is 28.0. The molecule has 0 amide bonds. The zero-order chi connectivity index (χ0) is 26.2. The largest absolute Gasteiger partial charge is 0.365 e. The summed E-state index contributed by atoms with van der Waals surface area (Å²) < 4.78 is 2.14. The molecule has 1 aromatic heterocycles. The molecule has 0 radical (unpaired) electrons. The van der Waals surface area contributed by atoms with E-state index in [4.69, 9.17) is 40.8 Å². The molecule has 5 fully saturated rings. The summed E-state index contributed by atoms with van der Waals surface area (Å²) in [6.07, 6.45) is 11.0. The van der Waals surface area contributed by atoms with Crippen molar-refractivity contribution in [2.75, 3.05) is 0 Å². The smallest absolute Gasteiger partial charge is 0.217 e. The molecule has 4 bridgehead atoms. The quantitative estimate of drug-likeness (QED) is 0.143. The highest BCUT2D eigenvalue weighted by molar-refractivity contribution is 7.80. The van der Waals surface area contributed by atoms with Crippen LogP contribution in [-0.2, 0) is 0 Å². The minimum Gasteiger partial charge on any atom is -0.365 e. The first-order valence-electron chi connectivity index (χ1n) is 13.5. The van der Waals surface area contributed by atoms with Crippen LogP contribution in [0, 0.1) is 28.6 Å². The van der Waals surface area contributed by atoms with Gasteiger partial charge in [-0.3, -0.25) is 5.41 Å². The van der Waals surface area contributed by atoms with E-state index in [1.54, 1.807) is 6.07 Å². The molecule has 2 aromatic carbocycles. The first-order valence-corrected chi connectivity index (χ1v) is 14.7. The Morgan fingerprint density at radius 1 is 0.947 bits per heavy atom. The summed E-state index contributed by atoms with van der Waals surface area (Å²) in [7, 11) is 0. The molecule has 2 heterocycles. The van der Waals surface area contributed by atoms with E-state index >= 15 is 0 Å². The maximum absolute atomic E-state index is 13.2. The maximum Gasteiger partial charge on any atom is 0.217 e. The number of piperidine rings is 1. The Hall–Kier alpha value is -2.27. The van der Waals surface area contributed by atoms with E-state index in [1.807, 2.05) is 24.3 Å². The lowest BCUT2D eigenvalue weighted by Crippen LogP contribution is -2.75. The van der Waals surface area contributed by atoms with E-state index < -0.39 is 17.7 Å². The lowest BCUT2D eigenvalue weighted by Gasteiger charge is -2.63. The number of hydrogen-bond donors (Lipinski definition) is 3. The van der Waals surface area contributed by atoms with Gasteiger partial charge in [-0.15, -0.1) is 0 Å². The lowest BCUT2D eigenvalue weighted by molar-refractivity contribution is -0.744. The van der Waals surface area contributed by atoms with E-state index in [9.17, 15) is 5.11 Å². The number of nitrogens with zero attached hydrogens (tertiary/aromatic N) is 1. The van der Waals surface area contributed by atoms with E-state index in [-0.39, 0.29) is 5.41 Å². The monoisotopic (exact) mass is 562 g/mol. The number of rotatable bonds is 3. The molecule has 3 aromatic rings. The van der Waals surface area contributed by atoms with Crippen molar-refractivity contribution in [3.8, 4) is 0 Å². The molecule has 8 rings (SSSR count). The van der Waals surface area contributed by atoms with Gasteiger partial charge in [0.05, 0.1) is 21.5 Å². The third kappa shape index (κ3) is 3.63. The zero-order valence-corrected chi connectivity index (χ0v) is 23.3. The predicted octanol–water partition coefficient (Wildman–Crippen LogP) is 6.77. The summed E-state index contributed by atoms with van der Waals surface area (Å²) >= 11 is 18.7. The van der Waals surface area contributed by atoms with Gasteiger partial charge >= 0.3 is 0 Å². The van der Waals surface area contributed by atoms with E-state index in [0.29, 0.717) is 38.4 Å². The molecule has 3 atom stereocenters. The summed E-state index contributed by atoms with van der Waals surface area (Å²) in [4.78, 5) is 0.395. The second-order valence-corrected chi connectivity index (χ2v) is 13.3. The molecule has 5 aliphatic rings. The Labute approximate surface area is 238 Å². The number of aliphatic hydroxyl groups is 1. The molecular formula is C31H30Cl2N3OS+. The van der Waals surface area contributed by atoms with E-state index in [1.165, 1.54) is 19.3 Å². The molecule has 4 nitrogen and oxygen atoms in total. The van der Waals surface area contributed by atoms with Crippen molar-refractivity contribution in [1.82, 2.24) is 5.32 Å². The predicted molar refractivity (Wildman–Crippen MR) is 155 cm³/mol. The lowest BCUT2D eigenvalue weighted by atomic mass is 9.45. The summed E-state index contributed by atoms with van der Waals surface area (Å²) in [6, 6.07) is 15.5. The Bertz CT molecular complexity index is 1500. The number of benzene rings is 2. The van der Waals surface area contributed by atoms with Gasteiger partial charge in [-0.25, -0.2) is 0 Å². The fourth-order valence-electron chi connectivity index (χ4n) is 8.78. The summed E-state index contributed by atoms with van der Waals surface area (Å²) in [5.74, 6) is 4.15. The molecule has 4 aliphatic carbocycles. The third-order valence-electron chi connectivity index (χ3n) is 9.92. The molecular weight excluding hydrogens is 533 g/mol. The van der Waals surface area contributed by atoms with E-state index in [0.717, 1.165) is 35.6 Å². The average molecular weight is 564 g/mol. The van der Waals surface area contributed by atoms with Crippen LogP contribution in [0.1, 0.15) is 56.0 Å². The highest BCUT2D eigenvalue weighted by atomic mass is 35.5. The number of nitrogens with one attached hydrogen (secondary N) is 2. The van der Waals surface area contributed by atoms with Crippen LogP contribution < -0.4 is 9.88 Å². The van der Waals surface area contributed by atoms with Crippen molar-refractivity contribution in [2.45, 2.75) is 56.2 Å². The van der Waals surface area contributed by atoms with Gasteiger partial charge in [-0.2, -0.15) is 4.57 Å². The van der Waals surface area contributed by atoms with Gasteiger partial charge in [0.25, 0.3) is 0 Å². The number of hydrogen-bond acceptors (Lipinski definition) is 3. The number of halogens is 2. The topological polar surface area (TPSA) is 60.0 Å². The van der Waals surface area contributed by atoms with Crippen LogP contribution in [0.2, 0.25) is 10.0 Å². The second-order valence-electron chi connectivity index (χ2n) is 12.1. The van der Waals surface area contributed by atoms with Gasteiger partial charge in [0, 0.05) is 16.9 Å². The van der Waals surface area contributed by atoms with Gasteiger partial charge < -0.3 is 10.4 Å². The Morgan fingerprint density at radius 2 is 1.61 bits per heavy atom. The van der Waals surface area contributed by atoms with Crippen molar-refractivity contribution < 1.29 is 9.67 Å². The van der Waals surface area contributed by atoms with Crippen LogP contribution >= 0.6 is 35.4 Å². The highest BCUT2D eigenvalue weighted by Gasteiger charge is 2.69. The molecule has 38 heavy (non-hydrogen) atoms. The number of aromatic nitrogens is 1. The van der Waals surface area contributed by atoms with E-state index in [2.05, 4.69) is 46.3 Å². The number of thiocarbonyl (C=S) groups is 1. The van der Waals surface area contributed by atoms with Crippen LogP contribution in [0.3, 0.4) is 0 Å². The fraction of sp³-hybridized carbons (Fsp3) is 0.419. The van der Waals surface area contributed by atoms with Gasteiger partial charge in [-0.05, 0) is 91.3 Å². The minimum atomic E-state index is -1.32. The Balaban J connectivity index is 1.48. The van der Waals surface area contributed by atoms with Crippen molar-refractivity contribution in [3.05, 3.63) is 82.1 Å². The number of fused-ring (bicyclic) bond motifs is 1. The summed E-state index contributed by atoms with van der Waals surface area (Å²) in [5.41, 5.74) is -0.202. The molecule has 1 saturated heterocycles. The standard InChI is InChI=1S/C31H29Cl2N3OS/c32-25-6-5-22(12-26(25)33)27-24(16-34)29(38)35-31(37,30-13-18-9-19(14-30)11-20(10-18)15-30)28(27)36-8-7-21-3-1-2-4-23(21)17-36/h1-8,12,17-20,27-28,34,37H,9-11,13-15H2/p+1. The van der Waals surface area contributed by atoms with Crippen molar-refractivity contribution in [1.29, 1.82) is 5.41 Å². The maximum atomic E-state index is 13.2. The molecule has 4 saturated carbocycles. The highest BCUT2D eigenvalue weighted by Crippen LogP contribution is 2.66. The van der Waals surface area contributed by atoms with Crippen molar-refractivity contribution in [2.24, 2.45) is 23.2 Å². The molecule has 7 heteroatoms. The third-order valence-corrected chi connectivity index (χ3v) is 11.0. The molecule has 3 N–H and O–H groups in total. The Kier molecular flexibility index (Phi) is 5.78. The van der Waals surface area contributed by atoms with Crippen LogP contribution in [-0.4, -0.2) is 21.7 Å². The first-order chi connectivity index (χ1) is 18.3. The van der Waals surface area contributed by atoms with Crippen LogP contribution in [0.15, 0.2) is 66.5 Å². The zero-order valence-electron chi connectivity index (χ0n) is 21.0. The SMILES string of the molecule is N=C=C1C(=S)NC(O)(C23CC4CC(CC(C4)C2)C3)C([n+]2ccc3ccccc3c2)C1c1ccc(Cl)c(Cl)c1. The van der Waals surface area contributed by atoms with Crippen molar-refractivity contribution >= 4 is 57.1 Å². The minimum absolute atomic E-state index is 0.308. The molecule has 3 unspecified atom stereocenters. The van der Waals surface area contributed by atoms with Crippen LogP contribution in [0.25, 0.3) is 10.8 Å². The van der Waals surface area contributed by atoms with Crippen molar-refractivity contribution in [3.63, 3.8) is 0 Å². The molecule has 1 aliphatic heterocycles. The first kappa shape index (κ1) is 24.7. The normalized spacial score (nSPS) is 35.8. The van der Waals surface area contributed by atoms with Crippen LogP contribution in [0.4, 0.5) is 0 Å². The van der Waals surface area contributed by atoms with Gasteiger partial charge in [-0.1, -0.05) is 59.7 Å². The summed E-state index contributed by atoms with van der Waals surface area (Å²) in [6.45, 7) is 0. The molecule has 194 valence electrons. The second kappa shape index (κ2) is 8.87. The average Bonchev–Trinajstić information content (AvgIpc) is 2.89. The van der Waals surface area contributed by atoms with Gasteiger partial charge in [0.15, 0.2) is 12.4 Å². The Morgan fingerprint density at radius 3 is 2.24 bits per heavy atom.